The zero-order valence-electron chi connectivity index (χ0n) is 8.24. The van der Waals surface area contributed by atoms with Crippen molar-refractivity contribution >= 4 is 5.57 Å². The molecule has 0 N–H and O–H groups in total. The van der Waals surface area contributed by atoms with Gasteiger partial charge in [-0.25, -0.2) is 0 Å². The van der Waals surface area contributed by atoms with Crippen molar-refractivity contribution in [3.8, 4) is 0 Å². The van der Waals surface area contributed by atoms with Crippen molar-refractivity contribution < 1.29 is 4.42 Å². The molecule has 3 heteroatoms. The fourth-order valence-corrected chi connectivity index (χ4v) is 1.33. The van der Waals surface area contributed by atoms with Crippen molar-refractivity contribution in [3.63, 3.8) is 0 Å². The summed E-state index contributed by atoms with van der Waals surface area (Å²) in [5.74, 6) is 2.71. The van der Waals surface area contributed by atoms with Crippen LogP contribution >= 0.6 is 0 Å². The summed E-state index contributed by atoms with van der Waals surface area (Å²) in [5.41, 5.74) is 1.05. The van der Waals surface area contributed by atoms with E-state index >= 15 is 0 Å². The minimum absolute atomic E-state index is 0.519. The van der Waals surface area contributed by atoms with E-state index in [0.717, 1.165) is 17.4 Å². The summed E-state index contributed by atoms with van der Waals surface area (Å²) >= 11 is 0. The molecular weight excluding hydrogens is 164 g/mol. The zero-order chi connectivity index (χ0) is 9.42. The maximum Gasteiger partial charge on any atom is 0.243 e. The van der Waals surface area contributed by atoms with Gasteiger partial charge in [-0.05, 0) is 26.2 Å². The number of rotatable bonds is 2. The van der Waals surface area contributed by atoms with Crippen molar-refractivity contribution in [1.29, 1.82) is 0 Å². The van der Waals surface area contributed by atoms with Gasteiger partial charge in [0.1, 0.15) is 0 Å². The third kappa shape index (κ3) is 1.50. The van der Waals surface area contributed by atoms with E-state index in [2.05, 4.69) is 17.1 Å². The van der Waals surface area contributed by atoms with Gasteiger partial charge < -0.3 is 4.42 Å². The van der Waals surface area contributed by atoms with Crippen LogP contribution in [0.1, 0.15) is 44.9 Å². The van der Waals surface area contributed by atoms with Gasteiger partial charge >= 0.3 is 0 Å². The molecule has 1 aliphatic rings. The highest BCUT2D eigenvalue weighted by atomic mass is 16.4. The van der Waals surface area contributed by atoms with Gasteiger partial charge in [-0.1, -0.05) is 13.0 Å². The van der Waals surface area contributed by atoms with Crippen molar-refractivity contribution in [3.05, 3.63) is 17.9 Å². The van der Waals surface area contributed by atoms with Crippen LogP contribution in [-0.4, -0.2) is 10.2 Å². The standard InChI is InChI=1S/C10H14N2O/c1-4-6(2)9-11-12-10(13-9)8-5-7(8)3/h4,7-8H,5H2,1-3H3/b6-4-. The summed E-state index contributed by atoms with van der Waals surface area (Å²) in [6.45, 7) is 6.16. The van der Waals surface area contributed by atoms with Crippen LogP contribution in [0, 0.1) is 5.92 Å². The maximum absolute atomic E-state index is 5.54. The Balaban J connectivity index is 2.19. The second-order valence-electron chi connectivity index (χ2n) is 3.74. The van der Waals surface area contributed by atoms with Crippen LogP contribution in [0.25, 0.3) is 5.57 Å². The molecule has 0 saturated heterocycles. The summed E-state index contributed by atoms with van der Waals surface area (Å²) in [7, 11) is 0. The molecule has 1 aliphatic carbocycles. The quantitative estimate of drug-likeness (QED) is 0.698. The molecular formula is C10H14N2O. The topological polar surface area (TPSA) is 38.9 Å². The Morgan fingerprint density at radius 1 is 1.54 bits per heavy atom. The van der Waals surface area contributed by atoms with Gasteiger partial charge in [0.2, 0.25) is 11.8 Å². The van der Waals surface area contributed by atoms with Gasteiger partial charge in [-0.3, -0.25) is 0 Å². The first-order chi connectivity index (χ1) is 6.22. The third-order valence-corrected chi connectivity index (χ3v) is 2.64. The van der Waals surface area contributed by atoms with E-state index in [-0.39, 0.29) is 0 Å². The van der Waals surface area contributed by atoms with Crippen LogP contribution in [0.4, 0.5) is 0 Å². The molecule has 2 rings (SSSR count). The SMILES string of the molecule is C/C=C(/C)c1nnc(C2CC2C)o1. The normalized spacial score (nSPS) is 27.8. The van der Waals surface area contributed by atoms with Crippen LogP contribution in [0.15, 0.2) is 10.5 Å². The van der Waals surface area contributed by atoms with Gasteiger partial charge in [-0.15, -0.1) is 10.2 Å². The molecule has 1 heterocycles. The van der Waals surface area contributed by atoms with Crippen molar-refractivity contribution in [1.82, 2.24) is 10.2 Å². The molecule has 0 aromatic carbocycles. The summed E-state index contributed by atoms with van der Waals surface area (Å²) in [4.78, 5) is 0. The fraction of sp³-hybridized carbons (Fsp3) is 0.600. The number of nitrogens with zero attached hydrogens (tertiary/aromatic N) is 2. The predicted molar refractivity (Wildman–Crippen MR) is 50.1 cm³/mol. The molecule has 2 atom stereocenters. The highest BCUT2D eigenvalue weighted by Gasteiger charge is 2.38. The lowest BCUT2D eigenvalue weighted by Gasteiger charge is -1.89. The molecule has 3 nitrogen and oxygen atoms in total. The smallest absolute Gasteiger partial charge is 0.243 e. The van der Waals surface area contributed by atoms with E-state index in [4.69, 9.17) is 4.42 Å². The second-order valence-corrected chi connectivity index (χ2v) is 3.74. The molecule has 70 valence electrons. The van der Waals surface area contributed by atoms with Crippen LogP contribution in [0.2, 0.25) is 0 Å². The average Bonchev–Trinajstić information content (AvgIpc) is 2.70. The first-order valence-electron chi connectivity index (χ1n) is 4.69. The monoisotopic (exact) mass is 178 g/mol. The Morgan fingerprint density at radius 2 is 2.23 bits per heavy atom. The molecule has 1 aromatic heterocycles. The van der Waals surface area contributed by atoms with E-state index in [1.807, 2.05) is 19.9 Å². The molecule has 0 spiro atoms. The Labute approximate surface area is 77.9 Å². The first kappa shape index (κ1) is 8.48. The highest BCUT2D eigenvalue weighted by Crippen LogP contribution is 2.46. The number of hydrogen-bond acceptors (Lipinski definition) is 3. The largest absolute Gasteiger partial charge is 0.421 e. The van der Waals surface area contributed by atoms with Gasteiger partial charge in [0.25, 0.3) is 0 Å². The Bertz CT molecular complexity index is 340. The number of allylic oxidation sites excluding steroid dienone is 2. The molecule has 2 unspecified atom stereocenters. The molecule has 1 aromatic rings. The van der Waals surface area contributed by atoms with Crippen LogP contribution < -0.4 is 0 Å². The predicted octanol–water partition coefficient (Wildman–Crippen LogP) is 2.62. The van der Waals surface area contributed by atoms with Crippen molar-refractivity contribution in [2.24, 2.45) is 5.92 Å². The van der Waals surface area contributed by atoms with E-state index in [9.17, 15) is 0 Å². The lowest BCUT2D eigenvalue weighted by atomic mass is 10.3. The third-order valence-electron chi connectivity index (χ3n) is 2.64. The number of aromatic nitrogens is 2. The Hall–Kier alpha value is -1.12. The van der Waals surface area contributed by atoms with E-state index in [1.54, 1.807) is 0 Å². The van der Waals surface area contributed by atoms with Gasteiger partial charge in [0.05, 0.1) is 0 Å². The van der Waals surface area contributed by atoms with E-state index in [1.165, 1.54) is 6.42 Å². The lowest BCUT2D eigenvalue weighted by molar-refractivity contribution is 0.478. The maximum atomic E-state index is 5.54. The average molecular weight is 178 g/mol. The Morgan fingerprint density at radius 3 is 2.77 bits per heavy atom. The van der Waals surface area contributed by atoms with Crippen LogP contribution in [0.3, 0.4) is 0 Å². The second kappa shape index (κ2) is 2.98. The minimum Gasteiger partial charge on any atom is -0.421 e. The summed E-state index contributed by atoms with van der Waals surface area (Å²) in [6.07, 6.45) is 3.17. The zero-order valence-corrected chi connectivity index (χ0v) is 8.24. The molecule has 0 radical (unpaired) electrons. The van der Waals surface area contributed by atoms with Gasteiger partial charge in [0, 0.05) is 11.5 Å². The molecule has 0 aliphatic heterocycles. The molecule has 1 saturated carbocycles. The minimum atomic E-state index is 0.519. The van der Waals surface area contributed by atoms with Crippen molar-refractivity contribution in [2.45, 2.75) is 33.1 Å². The highest BCUT2D eigenvalue weighted by molar-refractivity contribution is 5.54. The molecule has 13 heavy (non-hydrogen) atoms. The van der Waals surface area contributed by atoms with Crippen molar-refractivity contribution in [2.75, 3.05) is 0 Å². The fourth-order valence-electron chi connectivity index (χ4n) is 1.33. The first-order valence-corrected chi connectivity index (χ1v) is 4.69. The van der Waals surface area contributed by atoms with E-state index in [0.29, 0.717) is 11.8 Å². The Kier molecular flexibility index (Phi) is 1.94. The summed E-state index contributed by atoms with van der Waals surface area (Å²) in [6, 6.07) is 0. The molecule has 1 fully saturated rings. The molecule has 0 bridgehead atoms. The molecule has 0 amide bonds. The van der Waals surface area contributed by atoms with Crippen LogP contribution in [-0.2, 0) is 0 Å². The lowest BCUT2D eigenvalue weighted by Crippen LogP contribution is -1.79. The van der Waals surface area contributed by atoms with Gasteiger partial charge in [0.15, 0.2) is 0 Å². The summed E-state index contributed by atoms with van der Waals surface area (Å²) < 4.78 is 5.54. The van der Waals surface area contributed by atoms with Crippen LogP contribution in [0.5, 0.6) is 0 Å². The van der Waals surface area contributed by atoms with Gasteiger partial charge in [-0.2, -0.15) is 0 Å². The summed E-state index contributed by atoms with van der Waals surface area (Å²) in [5, 5.41) is 8.04. The van der Waals surface area contributed by atoms with E-state index < -0.39 is 0 Å². The number of hydrogen-bond donors (Lipinski definition) is 0.